The minimum Gasteiger partial charge on any atom is -0.383 e. The van der Waals surface area contributed by atoms with E-state index in [1.54, 1.807) is 20.1 Å². The van der Waals surface area contributed by atoms with E-state index in [0.717, 1.165) is 16.9 Å². The first-order valence-corrected chi connectivity index (χ1v) is 8.37. The molecule has 0 amide bonds. The van der Waals surface area contributed by atoms with Crippen LogP contribution in [0, 0.1) is 6.92 Å². The zero-order valence-electron chi connectivity index (χ0n) is 10.1. The highest BCUT2D eigenvalue weighted by molar-refractivity contribution is 7.91. The summed E-state index contributed by atoms with van der Waals surface area (Å²) in [5, 5.41) is -0.202. The predicted molar refractivity (Wildman–Crippen MR) is 75.4 cm³/mol. The molecule has 0 aliphatic heterocycles. The second-order valence-corrected chi connectivity index (χ2v) is 8.03. The lowest BCUT2D eigenvalue weighted by molar-refractivity contribution is 0.196. The van der Waals surface area contributed by atoms with Gasteiger partial charge < -0.3 is 4.74 Å². The van der Waals surface area contributed by atoms with Crippen LogP contribution in [0.4, 0.5) is 0 Å². The van der Waals surface area contributed by atoms with E-state index in [2.05, 4.69) is 4.72 Å². The minimum absolute atomic E-state index is 0.202. The van der Waals surface area contributed by atoms with Gasteiger partial charge in [-0.25, -0.2) is 13.1 Å². The molecule has 4 nitrogen and oxygen atoms in total. The first-order chi connectivity index (χ1) is 8.36. The number of hydrogen-bond donors (Lipinski definition) is 1. The van der Waals surface area contributed by atoms with Crippen LogP contribution in [-0.4, -0.2) is 34.1 Å². The Kier molecular flexibility index (Phi) is 6.37. The van der Waals surface area contributed by atoms with Gasteiger partial charge in [-0.1, -0.05) is 11.6 Å². The van der Waals surface area contributed by atoms with E-state index in [1.807, 2.05) is 0 Å². The number of ether oxygens (including phenoxy) is 1. The number of hydrogen-bond acceptors (Lipinski definition) is 4. The second-order valence-electron chi connectivity index (χ2n) is 3.76. The van der Waals surface area contributed by atoms with Crippen LogP contribution in [0.25, 0.3) is 0 Å². The number of sulfonamides is 1. The molecule has 0 saturated carbocycles. The molecule has 0 bridgehead atoms. The molecular formula is C10H15Cl2NO3S2. The molecule has 0 aromatic carbocycles. The fourth-order valence-corrected chi connectivity index (χ4v) is 4.28. The molecule has 1 rings (SSSR count). The number of halogens is 2. The largest absolute Gasteiger partial charge is 0.383 e. The number of aryl methyl sites for hydroxylation is 1. The molecule has 0 aliphatic carbocycles. The Hall–Kier alpha value is 0.150. The van der Waals surface area contributed by atoms with Crippen LogP contribution in [0.15, 0.2) is 10.3 Å². The molecule has 104 valence electrons. The van der Waals surface area contributed by atoms with Gasteiger partial charge in [0.05, 0.1) is 16.3 Å². The lowest BCUT2D eigenvalue weighted by Gasteiger charge is -2.08. The van der Waals surface area contributed by atoms with Gasteiger partial charge in [0.2, 0.25) is 10.0 Å². The van der Waals surface area contributed by atoms with Crippen molar-refractivity contribution in [3.05, 3.63) is 16.0 Å². The molecule has 0 fully saturated rings. The summed E-state index contributed by atoms with van der Waals surface area (Å²) in [6.07, 6.45) is 0.507. The van der Waals surface area contributed by atoms with Crippen molar-refractivity contribution in [2.75, 3.05) is 20.3 Å². The third-order valence-corrected chi connectivity index (χ3v) is 6.03. The van der Waals surface area contributed by atoms with Crippen LogP contribution >= 0.6 is 34.5 Å². The van der Waals surface area contributed by atoms with E-state index in [-0.39, 0.29) is 16.1 Å². The molecular weight excluding hydrogens is 317 g/mol. The van der Waals surface area contributed by atoms with Gasteiger partial charge in [-0.2, -0.15) is 0 Å². The van der Waals surface area contributed by atoms with Crippen LogP contribution in [0.5, 0.6) is 0 Å². The van der Waals surface area contributed by atoms with Gasteiger partial charge in [0.1, 0.15) is 4.21 Å². The molecule has 0 aliphatic rings. The summed E-state index contributed by atoms with van der Waals surface area (Å²) in [7, 11) is -1.94. The SMILES string of the molecule is COCC(Cl)CCNS(=O)(=O)c1cc(C)c(Cl)s1. The summed E-state index contributed by atoms with van der Waals surface area (Å²) in [5.74, 6) is 0. The van der Waals surface area contributed by atoms with Crippen LogP contribution in [0.2, 0.25) is 4.34 Å². The molecule has 1 atom stereocenters. The van der Waals surface area contributed by atoms with Gasteiger partial charge in [-0.05, 0) is 25.0 Å². The van der Waals surface area contributed by atoms with E-state index >= 15 is 0 Å². The third-order valence-electron chi connectivity index (χ3n) is 2.20. The minimum atomic E-state index is -3.49. The van der Waals surface area contributed by atoms with Crippen molar-refractivity contribution < 1.29 is 13.2 Å². The van der Waals surface area contributed by atoms with Gasteiger partial charge in [-0.3, -0.25) is 0 Å². The van der Waals surface area contributed by atoms with Crippen molar-refractivity contribution in [2.45, 2.75) is 22.9 Å². The normalized spacial score (nSPS) is 13.8. The average Bonchev–Trinajstić information content (AvgIpc) is 2.60. The second kappa shape index (κ2) is 7.07. The van der Waals surface area contributed by atoms with Gasteiger partial charge in [0.25, 0.3) is 0 Å². The molecule has 18 heavy (non-hydrogen) atoms. The number of methoxy groups -OCH3 is 1. The van der Waals surface area contributed by atoms with Crippen LogP contribution < -0.4 is 4.72 Å². The molecule has 0 saturated heterocycles. The number of nitrogens with one attached hydrogen (secondary N) is 1. The summed E-state index contributed by atoms with van der Waals surface area (Å²) in [6.45, 7) is 2.44. The molecule has 1 aromatic heterocycles. The lowest BCUT2D eigenvalue weighted by Crippen LogP contribution is -2.26. The maximum absolute atomic E-state index is 11.9. The summed E-state index contributed by atoms with van der Waals surface area (Å²) < 4.78 is 31.9. The maximum Gasteiger partial charge on any atom is 0.250 e. The van der Waals surface area contributed by atoms with E-state index in [0.29, 0.717) is 17.4 Å². The molecule has 8 heteroatoms. The van der Waals surface area contributed by atoms with Crippen molar-refractivity contribution >= 4 is 44.6 Å². The number of rotatable bonds is 7. The summed E-state index contributed by atoms with van der Waals surface area (Å²) in [5.41, 5.74) is 0.761. The summed E-state index contributed by atoms with van der Waals surface area (Å²) >= 11 is 12.8. The number of thiophene rings is 1. The number of alkyl halides is 1. The average molecular weight is 332 g/mol. The predicted octanol–water partition coefficient (Wildman–Crippen LogP) is 2.63. The van der Waals surface area contributed by atoms with Crippen LogP contribution in [0.1, 0.15) is 12.0 Å². The Morgan fingerprint density at radius 1 is 1.56 bits per heavy atom. The van der Waals surface area contributed by atoms with Gasteiger partial charge in [0.15, 0.2) is 0 Å². The van der Waals surface area contributed by atoms with Crippen molar-refractivity contribution in [1.29, 1.82) is 0 Å². The zero-order valence-corrected chi connectivity index (χ0v) is 13.2. The standard InChI is InChI=1S/C10H15Cl2NO3S2/c1-7-5-9(17-10(7)12)18(14,15)13-4-3-8(11)6-16-2/h5,8,13H,3-4,6H2,1-2H3. The fraction of sp³-hybridized carbons (Fsp3) is 0.600. The maximum atomic E-state index is 11.9. The summed E-state index contributed by atoms with van der Waals surface area (Å²) in [4.78, 5) is 0. The van der Waals surface area contributed by atoms with Gasteiger partial charge >= 0.3 is 0 Å². The highest BCUT2D eigenvalue weighted by Gasteiger charge is 2.18. The first-order valence-electron chi connectivity index (χ1n) is 5.25. The van der Waals surface area contributed by atoms with Crippen LogP contribution in [-0.2, 0) is 14.8 Å². The van der Waals surface area contributed by atoms with E-state index in [4.69, 9.17) is 27.9 Å². The Bertz CT molecular complexity index is 468. The molecule has 0 spiro atoms. The van der Waals surface area contributed by atoms with Crippen LogP contribution in [0.3, 0.4) is 0 Å². The Balaban J connectivity index is 2.55. The summed E-state index contributed by atoms with van der Waals surface area (Å²) in [6, 6.07) is 1.56. The third kappa shape index (κ3) is 4.68. The van der Waals surface area contributed by atoms with Crippen molar-refractivity contribution in [3.63, 3.8) is 0 Å². The van der Waals surface area contributed by atoms with E-state index < -0.39 is 10.0 Å². The molecule has 0 radical (unpaired) electrons. The zero-order chi connectivity index (χ0) is 13.8. The van der Waals surface area contributed by atoms with Crippen molar-refractivity contribution in [2.24, 2.45) is 0 Å². The lowest BCUT2D eigenvalue weighted by atomic mass is 10.3. The molecule has 1 heterocycles. The fourth-order valence-electron chi connectivity index (χ4n) is 1.25. The monoisotopic (exact) mass is 331 g/mol. The van der Waals surface area contributed by atoms with E-state index in [9.17, 15) is 8.42 Å². The topological polar surface area (TPSA) is 55.4 Å². The molecule has 1 unspecified atom stereocenters. The van der Waals surface area contributed by atoms with Crippen molar-refractivity contribution in [1.82, 2.24) is 4.72 Å². The Labute approximate surface area is 121 Å². The Morgan fingerprint density at radius 2 is 2.22 bits per heavy atom. The van der Waals surface area contributed by atoms with E-state index in [1.165, 1.54) is 0 Å². The quantitative estimate of drug-likeness (QED) is 0.781. The van der Waals surface area contributed by atoms with Gasteiger partial charge in [0, 0.05) is 13.7 Å². The molecule has 1 N–H and O–H groups in total. The smallest absolute Gasteiger partial charge is 0.250 e. The Morgan fingerprint density at radius 3 is 2.72 bits per heavy atom. The highest BCUT2D eigenvalue weighted by atomic mass is 35.5. The first kappa shape index (κ1) is 16.2. The highest BCUT2D eigenvalue weighted by Crippen LogP contribution is 2.29. The van der Waals surface area contributed by atoms with Crippen molar-refractivity contribution in [3.8, 4) is 0 Å². The van der Waals surface area contributed by atoms with Gasteiger partial charge in [-0.15, -0.1) is 22.9 Å². The molecule has 1 aromatic rings.